The fraction of sp³-hybridized carbons (Fsp3) is 0.455. The Morgan fingerprint density at radius 1 is 1.44 bits per heavy atom. The Labute approximate surface area is 94.8 Å². The minimum absolute atomic E-state index is 0.0961. The number of rotatable bonds is 4. The van der Waals surface area contributed by atoms with Gasteiger partial charge in [0.2, 0.25) is 0 Å². The van der Waals surface area contributed by atoms with Gasteiger partial charge in [-0.2, -0.15) is 0 Å². The van der Waals surface area contributed by atoms with Gasteiger partial charge in [0.1, 0.15) is 5.82 Å². The summed E-state index contributed by atoms with van der Waals surface area (Å²) in [5.41, 5.74) is -1.29. The molecule has 0 amide bonds. The molecule has 3 nitrogen and oxygen atoms in total. The summed E-state index contributed by atoms with van der Waals surface area (Å²) in [7, 11) is -3.64. The summed E-state index contributed by atoms with van der Waals surface area (Å²) in [5, 5.41) is 9.72. The lowest BCUT2D eigenvalue weighted by atomic mass is 10.1. The summed E-state index contributed by atoms with van der Waals surface area (Å²) in [6.45, 7) is 3.14. The summed E-state index contributed by atoms with van der Waals surface area (Å²) < 4.78 is 36.5. The van der Waals surface area contributed by atoms with Crippen LogP contribution in [-0.2, 0) is 9.84 Å². The molecule has 1 atom stereocenters. The molecule has 1 unspecified atom stereocenters. The van der Waals surface area contributed by atoms with Gasteiger partial charge in [-0.3, -0.25) is 0 Å². The summed E-state index contributed by atoms with van der Waals surface area (Å²) in [4.78, 5) is -0.0961. The smallest absolute Gasteiger partial charge is 0.181 e. The molecule has 5 heteroatoms. The summed E-state index contributed by atoms with van der Waals surface area (Å²) in [5.74, 6) is -1.00. The van der Waals surface area contributed by atoms with Gasteiger partial charge in [-0.15, -0.1) is 0 Å². The highest BCUT2D eigenvalue weighted by molar-refractivity contribution is 7.91. The Bertz CT molecular complexity index is 466. The Kier molecular flexibility index (Phi) is 3.70. The van der Waals surface area contributed by atoms with E-state index in [-0.39, 0.29) is 4.90 Å². The molecule has 1 aromatic rings. The first kappa shape index (κ1) is 13.1. The van der Waals surface area contributed by atoms with Crippen molar-refractivity contribution in [2.45, 2.75) is 30.8 Å². The predicted molar refractivity (Wildman–Crippen MR) is 59.4 cm³/mol. The van der Waals surface area contributed by atoms with E-state index in [4.69, 9.17) is 0 Å². The molecular formula is C11H15FO3S. The van der Waals surface area contributed by atoms with Gasteiger partial charge in [0, 0.05) is 0 Å². The third-order valence-electron chi connectivity index (χ3n) is 2.42. The maximum Gasteiger partial charge on any atom is 0.181 e. The number of benzene rings is 1. The lowest BCUT2D eigenvalue weighted by Gasteiger charge is -2.20. The molecule has 0 aliphatic heterocycles. The minimum Gasteiger partial charge on any atom is -0.389 e. The van der Waals surface area contributed by atoms with E-state index in [0.717, 1.165) is 6.07 Å². The average Bonchev–Trinajstić information content (AvgIpc) is 2.16. The molecule has 16 heavy (non-hydrogen) atoms. The van der Waals surface area contributed by atoms with Crippen LogP contribution in [0.4, 0.5) is 4.39 Å². The number of halogens is 1. The molecule has 0 fully saturated rings. The average molecular weight is 246 g/mol. The van der Waals surface area contributed by atoms with E-state index >= 15 is 0 Å². The molecule has 0 spiro atoms. The van der Waals surface area contributed by atoms with Gasteiger partial charge >= 0.3 is 0 Å². The summed E-state index contributed by atoms with van der Waals surface area (Å²) >= 11 is 0. The minimum atomic E-state index is -3.64. The SMILES string of the molecule is CCC(C)(O)CS(=O)(=O)c1cccc(F)c1. The van der Waals surface area contributed by atoms with Gasteiger partial charge in [0.05, 0.1) is 16.2 Å². The lowest BCUT2D eigenvalue weighted by molar-refractivity contribution is 0.0797. The molecule has 0 saturated carbocycles. The Hall–Kier alpha value is -0.940. The highest BCUT2D eigenvalue weighted by Gasteiger charge is 2.27. The van der Waals surface area contributed by atoms with Crippen molar-refractivity contribution in [3.05, 3.63) is 30.1 Å². The molecule has 1 N–H and O–H groups in total. The van der Waals surface area contributed by atoms with E-state index in [0.29, 0.717) is 6.42 Å². The molecular weight excluding hydrogens is 231 g/mol. The van der Waals surface area contributed by atoms with E-state index < -0.39 is 27.0 Å². The van der Waals surface area contributed by atoms with Crippen LogP contribution in [0.5, 0.6) is 0 Å². The van der Waals surface area contributed by atoms with E-state index in [1.54, 1.807) is 6.92 Å². The number of sulfone groups is 1. The molecule has 1 rings (SSSR count). The number of aliphatic hydroxyl groups is 1. The fourth-order valence-corrected chi connectivity index (χ4v) is 3.02. The van der Waals surface area contributed by atoms with Crippen LogP contribution in [0.3, 0.4) is 0 Å². The van der Waals surface area contributed by atoms with Crippen molar-refractivity contribution in [2.24, 2.45) is 0 Å². The maximum absolute atomic E-state index is 12.9. The second-order valence-electron chi connectivity index (χ2n) is 4.07. The zero-order chi connectivity index (χ0) is 12.4. The van der Waals surface area contributed by atoms with Crippen LogP contribution < -0.4 is 0 Å². The fourth-order valence-electron chi connectivity index (χ4n) is 1.26. The molecule has 0 aliphatic rings. The third kappa shape index (κ3) is 3.28. The second kappa shape index (κ2) is 4.51. The molecule has 0 heterocycles. The quantitative estimate of drug-likeness (QED) is 0.880. The molecule has 0 aliphatic carbocycles. The van der Waals surface area contributed by atoms with Crippen LogP contribution >= 0.6 is 0 Å². The normalized spacial score (nSPS) is 15.8. The Morgan fingerprint density at radius 3 is 2.56 bits per heavy atom. The Morgan fingerprint density at radius 2 is 2.06 bits per heavy atom. The molecule has 0 radical (unpaired) electrons. The van der Waals surface area contributed by atoms with Crippen molar-refractivity contribution in [3.8, 4) is 0 Å². The number of hydrogen-bond acceptors (Lipinski definition) is 3. The molecule has 1 aromatic carbocycles. The first-order chi connectivity index (χ1) is 7.27. The van der Waals surface area contributed by atoms with E-state index in [2.05, 4.69) is 0 Å². The first-order valence-corrected chi connectivity index (χ1v) is 6.63. The van der Waals surface area contributed by atoms with Crippen LogP contribution in [0.1, 0.15) is 20.3 Å². The van der Waals surface area contributed by atoms with E-state index in [1.165, 1.54) is 25.1 Å². The summed E-state index contributed by atoms with van der Waals surface area (Å²) in [6.07, 6.45) is 0.321. The van der Waals surface area contributed by atoms with Gasteiger partial charge in [-0.1, -0.05) is 13.0 Å². The van der Waals surface area contributed by atoms with Crippen molar-refractivity contribution in [2.75, 3.05) is 5.75 Å². The van der Waals surface area contributed by atoms with Gasteiger partial charge in [0.15, 0.2) is 9.84 Å². The van der Waals surface area contributed by atoms with Crippen molar-refractivity contribution in [1.29, 1.82) is 0 Å². The monoisotopic (exact) mass is 246 g/mol. The van der Waals surface area contributed by atoms with Gasteiger partial charge in [0.25, 0.3) is 0 Å². The van der Waals surface area contributed by atoms with Crippen molar-refractivity contribution < 1.29 is 17.9 Å². The number of hydrogen-bond donors (Lipinski definition) is 1. The topological polar surface area (TPSA) is 54.4 Å². The zero-order valence-corrected chi connectivity index (χ0v) is 10.1. The predicted octanol–water partition coefficient (Wildman–Crippen LogP) is 1.76. The van der Waals surface area contributed by atoms with Crippen LogP contribution in [0.15, 0.2) is 29.2 Å². The van der Waals surface area contributed by atoms with Crippen molar-refractivity contribution in [1.82, 2.24) is 0 Å². The van der Waals surface area contributed by atoms with Gasteiger partial charge < -0.3 is 5.11 Å². The van der Waals surface area contributed by atoms with Crippen LogP contribution in [0.2, 0.25) is 0 Å². The molecule has 0 saturated heterocycles. The zero-order valence-electron chi connectivity index (χ0n) is 9.27. The largest absolute Gasteiger partial charge is 0.389 e. The molecule has 0 bridgehead atoms. The lowest BCUT2D eigenvalue weighted by Crippen LogP contribution is -2.33. The Balaban J connectivity index is 3.04. The highest BCUT2D eigenvalue weighted by atomic mass is 32.2. The molecule has 0 aromatic heterocycles. The maximum atomic E-state index is 12.9. The van der Waals surface area contributed by atoms with Crippen molar-refractivity contribution in [3.63, 3.8) is 0 Å². The summed E-state index contributed by atoms with van der Waals surface area (Å²) in [6, 6.07) is 4.80. The third-order valence-corrected chi connectivity index (χ3v) is 4.39. The van der Waals surface area contributed by atoms with Crippen LogP contribution in [0.25, 0.3) is 0 Å². The van der Waals surface area contributed by atoms with E-state index in [1.807, 2.05) is 0 Å². The second-order valence-corrected chi connectivity index (χ2v) is 6.06. The van der Waals surface area contributed by atoms with Crippen LogP contribution in [0, 0.1) is 5.82 Å². The van der Waals surface area contributed by atoms with Crippen LogP contribution in [-0.4, -0.2) is 24.9 Å². The van der Waals surface area contributed by atoms with E-state index in [9.17, 15) is 17.9 Å². The van der Waals surface area contributed by atoms with Gasteiger partial charge in [-0.25, -0.2) is 12.8 Å². The van der Waals surface area contributed by atoms with Gasteiger partial charge in [-0.05, 0) is 31.5 Å². The first-order valence-electron chi connectivity index (χ1n) is 4.97. The highest BCUT2D eigenvalue weighted by Crippen LogP contribution is 2.19. The molecule has 90 valence electrons. The standard InChI is InChI=1S/C11H15FO3S/c1-3-11(2,13)8-16(14,15)10-6-4-5-9(12)7-10/h4-7,13H,3,8H2,1-2H3. The van der Waals surface area contributed by atoms with Crippen molar-refractivity contribution >= 4 is 9.84 Å².